The quantitative estimate of drug-likeness (QED) is 0.692. The van der Waals surface area contributed by atoms with E-state index >= 15 is 0 Å². The number of aldehydes is 1. The first-order chi connectivity index (χ1) is 8.17. The Morgan fingerprint density at radius 2 is 2.06 bits per heavy atom. The first-order valence-electron chi connectivity index (χ1n) is 6.55. The highest BCUT2D eigenvalue weighted by Crippen LogP contribution is 2.68. The van der Waals surface area contributed by atoms with E-state index in [9.17, 15) is 15.0 Å². The van der Waals surface area contributed by atoms with Gasteiger partial charge in [0.2, 0.25) is 0 Å². The molecule has 3 aliphatic rings. The number of hydrogen-bond donors (Lipinski definition) is 2. The molecule has 2 N–H and O–H groups in total. The van der Waals surface area contributed by atoms with Crippen molar-refractivity contribution in [3.05, 3.63) is 18.1 Å². The van der Waals surface area contributed by atoms with Crippen LogP contribution in [0.3, 0.4) is 0 Å². The summed E-state index contributed by atoms with van der Waals surface area (Å²) in [6, 6.07) is 0. The van der Waals surface area contributed by atoms with Crippen LogP contribution in [-0.2, 0) is 4.79 Å². The van der Waals surface area contributed by atoms with Crippen LogP contribution < -0.4 is 0 Å². The molecule has 0 aromatic rings. The number of carbonyl (C=O) groups excluding carboxylic acids is 1. The summed E-state index contributed by atoms with van der Waals surface area (Å²) in [5, 5.41) is 21.5. The minimum Gasteiger partial charge on any atom is -0.385 e. The first kappa shape index (κ1) is 12.4. The highest BCUT2D eigenvalue weighted by atomic mass is 16.3. The van der Waals surface area contributed by atoms with Gasteiger partial charge in [0.05, 0.1) is 5.60 Å². The first-order valence-corrected chi connectivity index (χ1v) is 6.55. The van der Waals surface area contributed by atoms with Gasteiger partial charge in [-0.3, -0.25) is 4.79 Å². The third-order valence-corrected chi connectivity index (χ3v) is 5.38. The van der Waals surface area contributed by atoms with Crippen molar-refractivity contribution in [2.45, 2.75) is 51.2 Å². The lowest BCUT2D eigenvalue weighted by atomic mass is 9.45. The third-order valence-electron chi connectivity index (χ3n) is 5.38. The smallest absolute Gasteiger partial charge is 0.148 e. The SMILES string of the molecule is CC1(C)C[C@H]2[C@](O)(C=C(C=O)[C@]3(O)[C]C[C@]23C)C1. The Bertz CT molecular complexity index is 453. The van der Waals surface area contributed by atoms with Crippen LogP contribution in [0, 0.1) is 23.2 Å². The molecule has 2 saturated carbocycles. The Kier molecular flexibility index (Phi) is 2.11. The fraction of sp³-hybridized carbons (Fsp3) is 0.733. The van der Waals surface area contributed by atoms with E-state index in [2.05, 4.69) is 20.3 Å². The molecule has 98 valence electrons. The van der Waals surface area contributed by atoms with E-state index in [1.807, 2.05) is 6.92 Å². The van der Waals surface area contributed by atoms with Crippen LogP contribution in [0.15, 0.2) is 11.6 Å². The number of rotatable bonds is 1. The van der Waals surface area contributed by atoms with E-state index in [4.69, 9.17) is 0 Å². The van der Waals surface area contributed by atoms with Gasteiger partial charge in [-0.15, -0.1) is 0 Å². The van der Waals surface area contributed by atoms with Gasteiger partial charge in [0, 0.05) is 23.3 Å². The average molecular weight is 248 g/mol. The molecule has 3 heteroatoms. The second kappa shape index (κ2) is 3.07. The summed E-state index contributed by atoms with van der Waals surface area (Å²) in [7, 11) is 0. The monoisotopic (exact) mass is 248 g/mol. The molecular weight excluding hydrogens is 228 g/mol. The Hall–Kier alpha value is -0.670. The van der Waals surface area contributed by atoms with Crippen LogP contribution in [0.25, 0.3) is 0 Å². The van der Waals surface area contributed by atoms with Gasteiger partial charge < -0.3 is 10.2 Å². The highest BCUT2D eigenvalue weighted by Gasteiger charge is 2.70. The maximum absolute atomic E-state index is 11.2. The molecule has 4 atom stereocenters. The Morgan fingerprint density at radius 3 is 2.56 bits per heavy atom. The summed E-state index contributed by atoms with van der Waals surface area (Å²) >= 11 is 0. The standard InChI is InChI=1S/C15H20O3/c1-12(2)7-11-13(3)4-5-15(13,18)10(8-16)6-14(11,17)9-12/h6,8,11,17-18H,4,7,9H2,1-3H3/t11-,13-,14+,15-/m1/s1. The highest BCUT2D eigenvalue weighted by molar-refractivity contribution is 5.80. The van der Waals surface area contributed by atoms with E-state index in [1.54, 1.807) is 6.08 Å². The van der Waals surface area contributed by atoms with E-state index < -0.39 is 16.6 Å². The van der Waals surface area contributed by atoms with Gasteiger partial charge in [-0.25, -0.2) is 0 Å². The second-order valence-electron chi connectivity index (χ2n) is 7.29. The Morgan fingerprint density at radius 1 is 1.39 bits per heavy atom. The molecule has 2 fully saturated rings. The summed E-state index contributed by atoms with van der Waals surface area (Å²) in [4.78, 5) is 11.2. The molecule has 0 bridgehead atoms. The van der Waals surface area contributed by atoms with Gasteiger partial charge in [-0.05, 0) is 30.8 Å². The van der Waals surface area contributed by atoms with Gasteiger partial charge in [-0.2, -0.15) is 0 Å². The zero-order valence-corrected chi connectivity index (χ0v) is 11.2. The molecule has 18 heavy (non-hydrogen) atoms. The molecule has 3 rings (SSSR count). The van der Waals surface area contributed by atoms with Crippen molar-refractivity contribution in [3.8, 4) is 0 Å². The zero-order chi connectivity index (χ0) is 13.4. The Labute approximate surface area is 108 Å². The van der Waals surface area contributed by atoms with Crippen molar-refractivity contribution >= 4 is 6.29 Å². The molecule has 3 nitrogen and oxygen atoms in total. The summed E-state index contributed by atoms with van der Waals surface area (Å²) in [5.74, 6) is -0.00468. The van der Waals surface area contributed by atoms with E-state index in [-0.39, 0.29) is 16.9 Å². The molecule has 0 heterocycles. The molecule has 0 aromatic carbocycles. The predicted molar refractivity (Wildman–Crippen MR) is 66.5 cm³/mol. The van der Waals surface area contributed by atoms with Gasteiger partial charge in [0.1, 0.15) is 11.9 Å². The van der Waals surface area contributed by atoms with Gasteiger partial charge >= 0.3 is 0 Å². The zero-order valence-electron chi connectivity index (χ0n) is 11.2. The maximum atomic E-state index is 11.2. The van der Waals surface area contributed by atoms with Crippen molar-refractivity contribution in [1.29, 1.82) is 0 Å². The molecule has 3 aliphatic carbocycles. The molecule has 0 spiro atoms. The van der Waals surface area contributed by atoms with Crippen LogP contribution in [0.2, 0.25) is 0 Å². The van der Waals surface area contributed by atoms with Gasteiger partial charge in [0.25, 0.3) is 0 Å². The van der Waals surface area contributed by atoms with Crippen molar-refractivity contribution < 1.29 is 15.0 Å². The fourth-order valence-corrected chi connectivity index (χ4v) is 4.45. The molecule has 0 unspecified atom stereocenters. The third kappa shape index (κ3) is 1.19. The maximum Gasteiger partial charge on any atom is 0.148 e. The number of carbonyl (C=O) groups is 1. The molecule has 0 aliphatic heterocycles. The fourth-order valence-electron chi connectivity index (χ4n) is 4.45. The molecule has 0 amide bonds. The molecule has 2 radical (unpaired) electrons. The van der Waals surface area contributed by atoms with E-state index in [1.165, 1.54) is 0 Å². The van der Waals surface area contributed by atoms with Gasteiger partial charge in [-0.1, -0.05) is 20.8 Å². The molecular formula is C15H20O3. The predicted octanol–water partition coefficient (Wildman–Crippen LogP) is 1.51. The molecule has 0 saturated heterocycles. The lowest BCUT2D eigenvalue weighted by Gasteiger charge is -2.62. The number of fused-ring (bicyclic) bond motifs is 3. The summed E-state index contributed by atoms with van der Waals surface area (Å²) in [6.07, 6.45) is 7.38. The number of hydrogen-bond acceptors (Lipinski definition) is 3. The summed E-state index contributed by atoms with van der Waals surface area (Å²) in [6.45, 7) is 6.23. The van der Waals surface area contributed by atoms with Crippen LogP contribution in [0.5, 0.6) is 0 Å². The number of aliphatic hydroxyl groups is 2. The van der Waals surface area contributed by atoms with Crippen molar-refractivity contribution in [2.75, 3.05) is 0 Å². The van der Waals surface area contributed by atoms with Crippen molar-refractivity contribution in [3.63, 3.8) is 0 Å². The Balaban J connectivity index is 2.15. The van der Waals surface area contributed by atoms with Crippen molar-refractivity contribution in [1.82, 2.24) is 0 Å². The van der Waals surface area contributed by atoms with Crippen LogP contribution >= 0.6 is 0 Å². The van der Waals surface area contributed by atoms with E-state index in [0.29, 0.717) is 19.1 Å². The minimum atomic E-state index is -1.26. The lowest BCUT2D eigenvalue weighted by Crippen LogP contribution is -2.67. The summed E-state index contributed by atoms with van der Waals surface area (Å²) < 4.78 is 0. The minimum absolute atomic E-state index is 0.00468. The average Bonchev–Trinajstić information content (AvgIpc) is 2.52. The second-order valence-corrected chi connectivity index (χ2v) is 7.29. The summed E-state index contributed by atoms with van der Waals surface area (Å²) in [5.41, 5.74) is -2.35. The largest absolute Gasteiger partial charge is 0.385 e. The van der Waals surface area contributed by atoms with Gasteiger partial charge in [0.15, 0.2) is 0 Å². The topological polar surface area (TPSA) is 57.5 Å². The molecule has 0 aromatic heterocycles. The van der Waals surface area contributed by atoms with Crippen LogP contribution in [-0.4, -0.2) is 27.7 Å². The van der Waals surface area contributed by atoms with Crippen molar-refractivity contribution in [2.24, 2.45) is 16.7 Å². The normalized spacial score (nSPS) is 52.9. The van der Waals surface area contributed by atoms with Crippen LogP contribution in [0.1, 0.15) is 40.0 Å². The lowest BCUT2D eigenvalue weighted by molar-refractivity contribution is -0.165. The van der Waals surface area contributed by atoms with Crippen LogP contribution in [0.4, 0.5) is 0 Å². The van der Waals surface area contributed by atoms with E-state index in [0.717, 1.165) is 6.42 Å².